The molecule has 0 rings (SSSR count). The van der Waals surface area contributed by atoms with Crippen molar-refractivity contribution >= 4 is 35.6 Å². The molecule has 0 aliphatic carbocycles. The summed E-state index contributed by atoms with van der Waals surface area (Å²) in [5.74, 6) is -2.18. The SMILES string of the molecule is C=CC(=O)OCCOC(=O)C(C)(C)CC.CCC(C)(C)C(=O)OCCOC(=O)CC(C)=O.CCC(C)(C)C(N)=O. The Hall–Kier alpha value is -3.24. The Balaban J connectivity index is -0.000000546. The lowest BCUT2D eigenvalue weighted by molar-refractivity contribution is -0.159. The Bertz CT molecular complexity index is 844. The monoisotopic (exact) mass is 573 g/mol. The van der Waals surface area contributed by atoms with Gasteiger partial charge in [0.1, 0.15) is 38.6 Å². The van der Waals surface area contributed by atoms with Crippen molar-refractivity contribution in [3.8, 4) is 0 Å². The van der Waals surface area contributed by atoms with Crippen molar-refractivity contribution in [2.75, 3.05) is 26.4 Å². The summed E-state index contributed by atoms with van der Waals surface area (Å²) < 4.78 is 19.3. The topological polar surface area (TPSA) is 165 Å². The molecule has 0 aromatic heterocycles. The van der Waals surface area contributed by atoms with Crippen LogP contribution < -0.4 is 5.73 Å². The normalized spacial score (nSPS) is 10.8. The number of nitrogens with two attached hydrogens (primary N) is 1. The summed E-state index contributed by atoms with van der Waals surface area (Å²) in [4.78, 5) is 65.6. The lowest BCUT2D eigenvalue weighted by Crippen LogP contribution is -2.30. The molecule has 0 heterocycles. The number of amides is 1. The molecule has 40 heavy (non-hydrogen) atoms. The number of esters is 4. The van der Waals surface area contributed by atoms with E-state index in [-0.39, 0.29) is 61.9 Å². The summed E-state index contributed by atoms with van der Waals surface area (Å²) in [7, 11) is 0. The smallest absolute Gasteiger partial charge is 0.330 e. The second kappa shape index (κ2) is 20.6. The van der Waals surface area contributed by atoms with E-state index in [0.717, 1.165) is 12.5 Å². The van der Waals surface area contributed by atoms with Crippen LogP contribution in [0.1, 0.15) is 94.9 Å². The fourth-order valence-electron chi connectivity index (χ4n) is 1.73. The summed E-state index contributed by atoms with van der Waals surface area (Å²) in [5.41, 5.74) is 3.71. The van der Waals surface area contributed by atoms with Gasteiger partial charge in [-0.15, -0.1) is 0 Å². The van der Waals surface area contributed by atoms with Crippen molar-refractivity contribution in [1.29, 1.82) is 0 Å². The zero-order chi connectivity index (χ0) is 32.2. The number of primary amides is 1. The molecule has 2 N–H and O–H groups in total. The molecule has 0 saturated carbocycles. The molecule has 0 radical (unpaired) electrons. The molecule has 0 saturated heterocycles. The summed E-state index contributed by atoms with van der Waals surface area (Å²) in [6.07, 6.45) is 3.02. The van der Waals surface area contributed by atoms with Gasteiger partial charge in [0.25, 0.3) is 0 Å². The zero-order valence-electron chi connectivity index (χ0n) is 26.1. The van der Waals surface area contributed by atoms with Crippen LogP contribution in [0.5, 0.6) is 0 Å². The molecule has 11 nitrogen and oxygen atoms in total. The third-order valence-corrected chi connectivity index (χ3v) is 6.12. The molecular weight excluding hydrogens is 522 g/mol. The highest BCUT2D eigenvalue weighted by atomic mass is 16.6. The first-order valence-corrected chi connectivity index (χ1v) is 13.3. The first-order valence-electron chi connectivity index (χ1n) is 13.3. The van der Waals surface area contributed by atoms with E-state index >= 15 is 0 Å². The summed E-state index contributed by atoms with van der Waals surface area (Å²) in [6.45, 7) is 21.4. The quantitative estimate of drug-likeness (QED) is 0.0991. The van der Waals surface area contributed by atoms with E-state index in [9.17, 15) is 28.8 Å². The van der Waals surface area contributed by atoms with E-state index in [2.05, 4.69) is 11.3 Å². The highest BCUT2D eigenvalue weighted by molar-refractivity contribution is 5.94. The van der Waals surface area contributed by atoms with Crippen LogP contribution in [-0.2, 0) is 47.7 Å². The predicted octanol–water partition coefficient (Wildman–Crippen LogP) is 4.09. The first-order chi connectivity index (χ1) is 18.2. The molecule has 0 bridgehead atoms. The molecule has 0 atom stereocenters. The molecule has 1 amide bonds. The molecule has 232 valence electrons. The molecule has 0 aliphatic heterocycles. The maximum Gasteiger partial charge on any atom is 0.330 e. The van der Waals surface area contributed by atoms with E-state index in [4.69, 9.17) is 19.9 Å². The minimum atomic E-state index is -0.594. The van der Waals surface area contributed by atoms with Crippen LogP contribution in [0.3, 0.4) is 0 Å². The second-order valence-electron chi connectivity index (χ2n) is 10.8. The van der Waals surface area contributed by atoms with Gasteiger partial charge in [-0.1, -0.05) is 41.2 Å². The van der Waals surface area contributed by atoms with Gasteiger partial charge < -0.3 is 24.7 Å². The van der Waals surface area contributed by atoms with Crippen molar-refractivity contribution in [1.82, 2.24) is 0 Å². The fraction of sp³-hybridized carbons (Fsp3) is 0.724. The van der Waals surface area contributed by atoms with Crippen LogP contribution in [-0.4, -0.2) is 62.0 Å². The molecule has 0 aliphatic rings. The van der Waals surface area contributed by atoms with Crippen LogP contribution in [0, 0.1) is 16.2 Å². The van der Waals surface area contributed by atoms with Gasteiger partial charge in [0.05, 0.1) is 10.8 Å². The summed E-state index contributed by atoms with van der Waals surface area (Å²) in [5, 5.41) is 0. The first kappa shape index (κ1) is 41.2. The van der Waals surface area contributed by atoms with Gasteiger partial charge in [-0.2, -0.15) is 0 Å². The molecular formula is C29H51NO10. The Labute approximate surface area is 239 Å². The fourth-order valence-corrected chi connectivity index (χ4v) is 1.73. The lowest BCUT2D eigenvalue weighted by atomic mass is 9.90. The van der Waals surface area contributed by atoms with Crippen LogP contribution in [0.25, 0.3) is 0 Å². The van der Waals surface area contributed by atoms with Gasteiger partial charge in [0.15, 0.2) is 0 Å². The van der Waals surface area contributed by atoms with Gasteiger partial charge in [0, 0.05) is 11.5 Å². The number of rotatable bonds is 15. The third kappa shape index (κ3) is 20.7. The molecule has 0 spiro atoms. The van der Waals surface area contributed by atoms with E-state index in [1.165, 1.54) is 6.92 Å². The van der Waals surface area contributed by atoms with Gasteiger partial charge in [0.2, 0.25) is 5.91 Å². The Morgan fingerprint density at radius 1 is 0.650 bits per heavy atom. The number of Topliss-reactive ketones (excluding diaryl/α,β-unsaturated/α-hetero) is 1. The Kier molecular flexibility index (Phi) is 21.3. The van der Waals surface area contributed by atoms with Crippen LogP contribution >= 0.6 is 0 Å². The average molecular weight is 574 g/mol. The molecule has 0 fully saturated rings. The number of ketones is 1. The van der Waals surface area contributed by atoms with Crippen molar-refractivity contribution in [3.05, 3.63) is 12.7 Å². The molecule has 0 aromatic carbocycles. The number of carbonyl (C=O) groups is 6. The van der Waals surface area contributed by atoms with Crippen LogP contribution in [0.4, 0.5) is 0 Å². The minimum absolute atomic E-state index is 0.0162. The standard InChI is InChI=1S/C12H20O5.C11H18O4.C6H13NO/c1-5-12(3,4)11(15)17-7-6-16-10(14)8-9(2)13;1-5-9(12)14-7-8-15-10(13)11(3,4)6-2;1-4-6(2,3)5(7)8/h5-8H2,1-4H3;5H,1,6-8H2,2-4H3;4H2,1-3H3,(H2,7,8). The predicted molar refractivity (Wildman–Crippen MR) is 151 cm³/mol. The van der Waals surface area contributed by atoms with Crippen molar-refractivity contribution in [2.24, 2.45) is 22.0 Å². The van der Waals surface area contributed by atoms with Gasteiger partial charge in [-0.25, -0.2) is 4.79 Å². The average Bonchev–Trinajstić information content (AvgIpc) is 2.88. The van der Waals surface area contributed by atoms with Gasteiger partial charge in [-0.05, 0) is 53.9 Å². The number of hydrogen-bond acceptors (Lipinski definition) is 10. The van der Waals surface area contributed by atoms with E-state index < -0.39 is 22.8 Å². The van der Waals surface area contributed by atoms with Crippen molar-refractivity contribution < 1.29 is 47.7 Å². The van der Waals surface area contributed by atoms with Crippen molar-refractivity contribution in [3.63, 3.8) is 0 Å². The summed E-state index contributed by atoms with van der Waals surface area (Å²) in [6, 6.07) is 0. The number of carbonyl (C=O) groups excluding carboxylic acids is 6. The second-order valence-corrected chi connectivity index (χ2v) is 10.8. The van der Waals surface area contributed by atoms with E-state index in [1.54, 1.807) is 13.8 Å². The maximum atomic E-state index is 11.5. The minimum Gasteiger partial charge on any atom is -0.462 e. The highest BCUT2D eigenvalue weighted by Crippen LogP contribution is 2.22. The largest absolute Gasteiger partial charge is 0.462 e. The van der Waals surface area contributed by atoms with Gasteiger partial charge >= 0.3 is 23.9 Å². The summed E-state index contributed by atoms with van der Waals surface area (Å²) >= 11 is 0. The van der Waals surface area contributed by atoms with E-state index in [1.807, 2.05) is 48.5 Å². The van der Waals surface area contributed by atoms with E-state index in [0.29, 0.717) is 12.8 Å². The third-order valence-electron chi connectivity index (χ3n) is 6.12. The Morgan fingerprint density at radius 3 is 1.27 bits per heavy atom. The lowest BCUT2D eigenvalue weighted by Gasteiger charge is -2.20. The van der Waals surface area contributed by atoms with Gasteiger partial charge in [-0.3, -0.25) is 24.0 Å². The van der Waals surface area contributed by atoms with Crippen LogP contribution in [0.15, 0.2) is 12.7 Å². The number of ether oxygens (including phenoxy) is 4. The van der Waals surface area contributed by atoms with Crippen molar-refractivity contribution in [2.45, 2.75) is 94.9 Å². The maximum absolute atomic E-state index is 11.5. The molecule has 0 aromatic rings. The Morgan fingerprint density at radius 2 is 1.00 bits per heavy atom. The number of hydrogen-bond donors (Lipinski definition) is 1. The van der Waals surface area contributed by atoms with Crippen LogP contribution in [0.2, 0.25) is 0 Å². The highest BCUT2D eigenvalue weighted by Gasteiger charge is 2.27. The molecule has 0 unspecified atom stereocenters. The zero-order valence-corrected chi connectivity index (χ0v) is 26.1. The molecule has 11 heteroatoms.